The maximum absolute atomic E-state index is 12.7. The van der Waals surface area contributed by atoms with Crippen molar-refractivity contribution in [3.05, 3.63) is 29.3 Å². The number of oxime groups is 1. The number of hydrogen-bond donors (Lipinski definition) is 3. The molecule has 0 atom stereocenters. The smallest absolute Gasteiger partial charge is 0.409 e. The number of amides is 1. The van der Waals surface area contributed by atoms with Crippen LogP contribution in [0.2, 0.25) is 0 Å². The van der Waals surface area contributed by atoms with E-state index in [0.717, 1.165) is 18.2 Å². The molecular formula is C13H16F3N3O2. The van der Waals surface area contributed by atoms with Crippen molar-refractivity contribution in [2.75, 3.05) is 5.32 Å². The van der Waals surface area contributed by atoms with E-state index in [2.05, 4.69) is 10.5 Å². The molecule has 116 valence electrons. The van der Waals surface area contributed by atoms with E-state index in [4.69, 9.17) is 10.9 Å². The minimum absolute atomic E-state index is 0.0592. The molecule has 0 saturated carbocycles. The summed E-state index contributed by atoms with van der Waals surface area (Å²) in [5, 5.41) is 13.8. The lowest BCUT2D eigenvalue weighted by atomic mass is 10.1. The summed E-state index contributed by atoms with van der Waals surface area (Å²) in [6.07, 6.45) is -4.36. The predicted octanol–water partition coefficient (Wildman–Crippen LogP) is 2.78. The molecule has 0 bridgehead atoms. The van der Waals surface area contributed by atoms with Gasteiger partial charge in [0.2, 0.25) is 5.91 Å². The van der Waals surface area contributed by atoms with Crippen LogP contribution in [0.5, 0.6) is 0 Å². The second-order valence-electron chi connectivity index (χ2n) is 4.89. The van der Waals surface area contributed by atoms with Gasteiger partial charge in [-0.3, -0.25) is 4.79 Å². The molecule has 0 unspecified atom stereocenters. The highest BCUT2D eigenvalue weighted by Crippen LogP contribution is 2.32. The second-order valence-corrected chi connectivity index (χ2v) is 4.89. The summed E-state index contributed by atoms with van der Waals surface area (Å²) < 4.78 is 38.0. The van der Waals surface area contributed by atoms with E-state index < -0.39 is 17.6 Å². The first-order valence-electron chi connectivity index (χ1n) is 6.14. The first-order chi connectivity index (χ1) is 9.65. The fraction of sp³-hybridized carbons (Fsp3) is 0.385. The Morgan fingerprint density at radius 1 is 1.43 bits per heavy atom. The van der Waals surface area contributed by atoms with Crippen LogP contribution in [0.25, 0.3) is 0 Å². The number of amidine groups is 1. The average Bonchev–Trinajstić information content (AvgIpc) is 2.35. The average molecular weight is 303 g/mol. The lowest BCUT2D eigenvalue weighted by Gasteiger charge is -2.14. The van der Waals surface area contributed by atoms with Crippen molar-refractivity contribution in [2.24, 2.45) is 16.8 Å². The molecule has 21 heavy (non-hydrogen) atoms. The molecule has 1 aromatic carbocycles. The van der Waals surface area contributed by atoms with Crippen molar-refractivity contribution in [2.45, 2.75) is 26.4 Å². The van der Waals surface area contributed by atoms with Gasteiger partial charge in [-0.15, -0.1) is 0 Å². The van der Waals surface area contributed by atoms with E-state index in [1.54, 1.807) is 0 Å². The lowest BCUT2D eigenvalue weighted by molar-refractivity contribution is -0.137. The summed E-state index contributed by atoms with van der Waals surface area (Å²) in [6, 6.07) is 2.62. The van der Waals surface area contributed by atoms with E-state index in [-0.39, 0.29) is 29.5 Å². The van der Waals surface area contributed by atoms with Crippen molar-refractivity contribution in [3.63, 3.8) is 0 Å². The van der Waals surface area contributed by atoms with Gasteiger partial charge < -0.3 is 16.3 Å². The number of carbonyl (C=O) groups excluding carboxylic acids is 1. The van der Waals surface area contributed by atoms with Crippen LogP contribution in [-0.4, -0.2) is 17.0 Å². The molecule has 5 nitrogen and oxygen atoms in total. The summed E-state index contributed by atoms with van der Waals surface area (Å²) >= 11 is 0. The Bertz CT molecular complexity index is 554. The molecule has 0 saturated heterocycles. The van der Waals surface area contributed by atoms with Gasteiger partial charge >= 0.3 is 6.18 Å². The maximum Gasteiger partial charge on any atom is 0.416 e. The van der Waals surface area contributed by atoms with E-state index in [9.17, 15) is 18.0 Å². The Labute approximate surface area is 119 Å². The molecule has 0 heterocycles. The van der Waals surface area contributed by atoms with Gasteiger partial charge in [-0.05, 0) is 24.1 Å². The number of carbonyl (C=O) groups is 1. The van der Waals surface area contributed by atoms with Crippen molar-refractivity contribution < 1.29 is 23.2 Å². The van der Waals surface area contributed by atoms with Crippen LogP contribution >= 0.6 is 0 Å². The predicted molar refractivity (Wildman–Crippen MR) is 72.0 cm³/mol. The van der Waals surface area contributed by atoms with E-state index in [1.165, 1.54) is 0 Å². The Balaban J connectivity index is 3.17. The summed E-state index contributed by atoms with van der Waals surface area (Å²) in [5.74, 6) is -0.788. The molecule has 0 aromatic heterocycles. The summed E-state index contributed by atoms with van der Waals surface area (Å²) in [7, 11) is 0. The molecule has 4 N–H and O–H groups in total. The van der Waals surface area contributed by atoms with E-state index >= 15 is 0 Å². The molecule has 0 spiro atoms. The summed E-state index contributed by atoms with van der Waals surface area (Å²) in [5.41, 5.74) is 4.28. The number of halogens is 3. The Hall–Kier alpha value is -2.25. The zero-order valence-electron chi connectivity index (χ0n) is 11.5. The van der Waals surface area contributed by atoms with Crippen molar-refractivity contribution >= 4 is 17.4 Å². The van der Waals surface area contributed by atoms with Crippen LogP contribution in [-0.2, 0) is 11.0 Å². The SMILES string of the molecule is CC(C)CC(=O)Nc1ccc(C(F)(F)F)cc1/C(N)=N/O. The molecule has 0 fully saturated rings. The second kappa shape index (κ2) is 6.47. The molecule has 0 aliphatic heterocycles. The maximum atomic E-state index is 12.7. The van der Waals surface area contributed by atoms with Crippen LogP contribution in [0.1, 0.15) is 31.4 Å². The first-order valence-corrected chi connectivity index (χ1v) is 6.14. The quantitative estimate of drug-likeness (QED) is 0.346. The van der Waals surface area contributed by atoms with E-state index in [0.29, 0.717) is 0 Å². The topological polar surface area (TPSA) is 87.7 Å². The molecule has 8 heteroatoms. The summed E-state index contributed by atoms with van der Waals surface area (Å²) in [6.45, 7) is 3.66. The number of alkyl halides is 3. The van der Waals surface area contributed by atoms with Gasteiger partial charge in [0.05, 0.1) is 11.3 Å². The third-order valence-corrected chi connectivity index (χ3v) is 2.60. The number of nitrogens with zero attached hydrogens (tertiary/aromatic N) is 1. The fourth-order valence-electron chi connectivity index (χ4n) is 1.67. The third kappa shape index (κ3) is 4.66. The molecule has 1 aromatic rings. The Morgan fingerprint density at radius 3 is 2.52 bits per heavy atom. The van der Waals surface area contributed by atoms with Gasteiger partial charge in [-0.1, -0.05) is 19.0 Å². The van der Waals surface area contributed by atoms with Crippen LogP contribution in [0.3, 0.4) is 0 Å². The molecular weight excluding hydrogens is 287 g/mol. The van der Waals surface area contributed by atoms with E-state index in [1.807, 2.05) is 13.8 Å². The van der Waals surface area contributed by atoms with Crippen LogP contribution in [0, 0.1) is 5.92 Å². The van der Waals surface area contributed by atoms with Crippen LogP contribution in [0.15, 0.2) is 23.4 Å². The fourth-order valence-corrected chi connectivity index (χ4v) is 1.67. The number of hydrogen-bond acceptors (Lipinski definition) is 3. The Morgan fingerprint density at radius 2 is 2.05 bits per heavy atom. The minimum atomic E-state index is -4.56. The molecule has 1 rings (SSSR count). The number of benzene rings is 1. The van der Waals surface area contributed by atoms with Crippen molar-refractivity contribution in [1.82, 2.24) is 0 Å². The molecule has 1 amide bonds. The monoisotopic (exact) mass is 303 g/mol. The normalized spacial score (nSPS) is 12.6. The van der Waals surface area contributed by atoms with Gasteiger partial charge in [0.25, 0.3) is 0 Å². The van der Waals surface area contributed by atoms with Crippen molar-refractivity contribution in [1.29, 1.82) is 0 Å². The van der Waals surface area contributed by atoms with Gasteiger partial charge in [-0.25, -0.2) is 0 Å². The van der Waals surface area contributed by atoms with Gasteiger partial charge in [0.15, 0.2) is 5.84 Å². The number of nitrogens with one attached hydrogen (secondary N) is 1. The molecule has 0 radical (unpaired) electrons. The molecule has 0 aliphatic rings. The molecule has 0 aliphatic carbocycles. The van der Waals surface area contributed by atoms with Crippen LogP contribution in [0.4, 0.5) is 18.9 Å². The Kier molecular flexibility index (Phi) is 5.17. The highest BCUT2D eigenvalue weighted by molar-refractivity contribution is 6.05. The minimum Gasteiger partial charge on any atom is -0.409 e. The summed E-state index contributed by atoms with van der Waals surface area (Å²) in [4.78, 5) is 11.7. The van der Waals surface area contributed by atoms with Gasteiger partial charge in [-0.2, -0.15) is 13.2 Å². The number of anilines is 1. The van der Waals surface area contributed by atoms with Gasteiger partial charge in [0.1, 0.15) is 0 Å². The number of rotatable bonds is 4. The highest BCUT2D eigenvalue weighted by Gasteiger charge is 2.31. The van der Waals surface area contributed by atoms with Gasteiger partial charge in [0, 0.05) is 12.0 Å². The first kappa shape index (κ1) is 16.8. The number of nitrogens with two attached hydrogens (primary N) is 1. The van der Waals surface area contributed by atoms with Crippen molar-refractivity contribution in [3.8, 4) is 0 Å². The lowest BCUT2D eigenvalue weighted by Crippen LogP contribution is -2.21. The zero-order chi connectivity index (χ0) is 16.2. The zero-order valence-corrected chi connectivity index (χ0v) is 11.5. The highest BCUT2D eigenvalue weighted by atomic mass is 19.4. The standard InChI is InChI=1S/C13H16F3N3O2/c1-7(2)5-11(20)18-10-4-3-8(13(14,15)16)6-9(10)12(17)19-21/h3-4,6-7,21H,5H2,1-2H3,(H2,17,19)(H,18,20). The third-order valence-electron chi connectivity index (χ3n) is 2.60. The largest absolute Gasteiger partial charge is 0.416 e. The van der Waals surface area contributed by atoms with Crippen LogP contribution < -0.4 is 11.1 Å².